The normalized spacial score (nSPS) is 20.3. The first-order valence-corrected chi connectivity index (χ1v) is 10.9. The number of hydrogen-bond donors (Lipinski definition) is 1. The Bertz CT molecular complexity index is 823. The van der Waals surface area contributed by atoms with Gasteiger partial charge in [0.15, 0.2) is 0 Å². The topological polar surface area (TPSA) is 56.3 Å². The molecular formula is C24H31N3O3. The van der Waals surface area contributed by atoms with Gasteiger partial charge < -0.3 is 9.84 Å². The molecule has 0 bridgehead atoms. The monoisotopic (exact) mass is 409 g/mol. The van der Waals surface area contributed by atoms with Crippen LogP contribution in [0.3, 0.4) is 0 Å². The summed E-state index contributed by atoms with van der Waals surface area (Å²) in [6, 6.07) is 19.0. The molecule has 1 amide bonds. The molecule has 2 fully saturated rings. The smallest absolute Gasteiger partial charge is 0.411 e. The average Bonchev–Trinajstić information content (AvgIpc) is 3.23. The molecule has 0 aromatic heterocycles. The van der Waals surface area contributed by atoms with Crippen LogP contribution in [-0.4, -0.2) is 66.9 Å². The second-order valence-electron chi connectivity index (χ2n) is 8.10. The zero-order valence-electron chi connectivity index (χ0n) is 17.4. The number of anilines is 1. The van der Waals surface area contributed by atoms with Gasteiger partial charge in [-0.15, -0.1) is 0 Å². The summed E-state index contributed by atoms with van der Waals surface area (Å²) in [5.41, 5.74) is 3.29. The van der Waals surface area contributed by atoms with Crippen molar-refractivity contribution in [1.29, 1.82) is 0 Å². The molecule has 30 heavy (non-hydrogen) atoms. The minimum atomic E-state index is -0.895. The van der Waals surface area contributed by atoms with Crippen LogP contribution in [0.5, 0.6) is 0 Å². The standard InChI is InChI=1S/C24H31N3O3/c28-24(29)27(13-12-25-14-16-30-17-15-25)22-9-4-8-21(18-22)23-10-5-11-26(23)19-20-6-2-1-3-7-20/h1-4,6-9,18,23H,5,10-17,19H2,(H,28,29). The number of rotatable bonds is 7. The maximum atomic E-state index is 12.0. The Labute approximate surface area is 178 Å². The molecule has 2 aliphatic rings. The number of benzene rings is 2. The lowest BCUT2D eigenvalue weighted by molar-refractivity contribution is 0.0392. The number of nitrogens with zero attached hydrogens (tertiary/aromatic N) is 3. The van der Waals surface area contributed by atoms with Gasteiger partial charge in [0.1, 0.15) is 0 Å². The van der Waals surface area contributed by atoms with Crippen molar-refractivity contribution in [2.75, 3.05) is 50.8 Å². The first kappa shape index (κ1) is 20.8. The van der Waals surface area contributed by atoms with E-state index in [2.05, 4.69) is 46.2 Å². The summed E-state index contributed by atoms with van der Waals surface area (Å²) in [6.45, 7) is 6.37. The number of likely N-dealkylation sites (tertiary alicyclic amines) is 1. The van der Waals surface area contributed by atoms with Crippen LogP contribution in [-0.2, 0) is 11.3 Å². The van der Waals surface area contributed by atoms with E-state index in [-0.39, 0.29) is 0 Å². The molecule has 6 heteroatoms. The Balaban J connectivity index is 1.46. The predicted octanol–water partition coefficient (Wildman–Crippen LogP) is 3.84. The third-order valence-corrected chi connectivity index (χ3v) is 6.13. The Morgan fingerprint density at radius 2 is 1.87 bits per heavy atom. The maximum Gasteiger partial charge on any atom is 0.411 e. The first-order valence-electron chi connectivity index (χ1n) is 10.9. The number of amides is 1. The molecule has 2 saturated heterocycles. The van der Waals surface area contributed by atoms with E-state index >= 15 is 0 Å². The molecule has 0 radical (unpaired) electrons. The van der Waals surface area contributed by atoms with Crippen LogP contribution in [0.15, 0.2) is 54.6 Å². The Kier molecular flexibility index (Phi) is 7.00. The van der Waals surface area contributed by atoms with E-state index in [9.17, 15) is 9.90 Å². The molecule has 1 N–H and O–H groups in total. The van der Waals surface area contributed by atoms with Gasteiger partial charge in [0.25, 0.3) is 0 Å². The van der Waals surface area contributed by atoms with Crippen LogP contribution in [0.2, 0.25) is 0 Å². The van der Waals surface area contributed by atoms with E-state index in [1.807, 2.05) is 18.2 Å². The van der Waals surface area contributed by atoms with Crippen molar-refractivity contribution in [3.05, 3.63) is 65.7 Å². The molecule has 0 saturated carbocycles. The van der Waals surface area contributed by atoms with Crippen LogP contribution in [0, 0.1) is 0 Å². The Hall–Kier alpha value is -2.41. The van der Waals surface area contributed by atoms with E-state index in [0.717, 1.165) is 58.0 Å². The molecule has 2 aromatic carbocycles. The minimum absolute atomic E-state index is 0.333. The number of carbonyl (C=O) groups is 1. The lowest BCUT2D eigenvalue weighted by Crippen LogP contribution is -2.42. The highest BCUT2D eigenvalue weighted by Gasteiger charge is 2.27. The highest BCUT2D eigenvalue weighted by Crippen LogP contribution is 2.34. The van der Waals surface area contributed by atoms with Crippen LogP contribution in [0.25, 0.3) is 0 Å². The molecule has 2 heterocycles. The van der Waals surface area contributed by atoms with Gasteiger partial charge >= 0.3 is 6.09 Å². The van der Waals surface area contributed by atoms with Gasteiger partial charge in [0.2, 0.25) is 0 Å². The number of hydrogen-bond acceptors (Lipinski definition) is 4. The second-order valence-corrected chi connectivity index (χ2v) is 8.10. The van der Waals surface area contributed by atoms with Crippen molar-refractivity contribution in [1.82, 2.24) is 9.80 Å². The molecular weight excluding hydrogens is 378 g/mol. The summed E-state index contributed by atoms with van der Waals surface area (Å²) >= 11 is 0. The van der Waals surface area contributed by atoms with Crippen LogP contribution in [0.4, 0.5) is 10.5 Å². The number of ether oxygens (including phenoxy) is 1. The predicted molar refractivity (Wildman–Crippen MR) is 118 cm³/mol. The highest BCUT2D eigenvalue weighted by molar-refractivity contribution is 5.86. The summed E-state index contributed by atoms with van der Waals surface area (Å²) in [6.07, 6.45) is 1.38. The first-order chi connectivity index (χ1) is 14.7. The van der Waals surface area contributed by atoms with E-state index < -0.39 is 6.09 Å². The van der Waals surface area contributed by atoms with Crippen molar-refractivity contribution >= 4 is 11.8 Å². The Morgan fingerprint density at radius 1 is 1.07 bits per heavy atom. The van der Waals surface area contributed by atoms with Crippen molar-refractivity contribution < 1.29 is 14.6 Å². The second kappa shape index (κ2) is 10.1. The zero-order chi connectivity index (χ0) is 20.8. The van der Waals surface area contributed by atoms with Gasteiger partial charge in [-0.1, -0.05) is 42.5 Å². The van der Waals surface area contributed by atoms with Gasteiger partial charge in [-0.05, 0) is 42.6 Å². The van der Waals surface area contributed by atoms with Gasteiger partial charge in [-0.3, -0.25) is 14.7 Å². The molecule has 1 unspecified atom stereocenters. The lowest BCUT2D eigenvalue weighted by Gasteiger charge is -2.30. The van der Waals surface area contributed by atoms with Gasteiger partial charge in [-0.25, -0.2) is 4.79 Å². The van der Waals surface area contributed by atoms with Crippen molar-refractivity contribution in [2.45, 2.75) is 25.4 Å². The molecule has 1 atom stereocenters. The van der Waals surface area contributed by atoms with Crippen LogP contribution >= 0.6 is 0 Å². The molecule has 2 aliphatic heterocycles. The van der Waals surface area contributed by atoms with Crippen LogP contribution < -0.4 is 4.90 Å². The molecule has 2 aromatic rings. The average molecular weight is 410 g/mol. The molecule has 6 nitrogen and oxygen atoms in total. The van der Waals surface area contributed by atoms with E-state index in [1.54, 1.807) is 0 Å². The minimum Gasteiger partial charge on any atom is -0.465 e. The third-order valence-electron chi connectivity index (χ3n) is 6.13. The largest absolute Gasteiger partial charge is 0.465 e. The van der Waals surface area contributed by atoms with E-state index in [1.165, 1.54) is 22.4 Å². The fourth-order valence-electron chi connectivity index (χ4n) is 4.51. The maximum absolute atomic E-state index is 12.0. The molecule has 0 spiro atoms. The quantitative estimate of drug-likeness (QED) is 0.753. The van der Waals surface area contributed by atoms with Crippen molar-refractivity contribution in [3.63, 3.8) is 0 Å². The fraction of sp³-hybridized carbons (Fsp3) is 0.458. The summed E-state index contributed by atoms with van der Waals surface area (Å²) in [7, 11) is 0. The summed E-state index contributed by atoms with van der Waals surface area (Å²) in [4.78, 5) is 18.2. The van der Waals surface area contributed by atoms with Gasteiger partial charge in [0, 0.05) is 44.5 Å². The van der Waals surface area contributed by atoms with Gasteiger partial charge in [0.05, 0.1) is 13.2 Å². The SMILES string of the molecule is O=C(O)N(CCN1CCOCC1)c1cccc(C2CCCN2Cc2ccccc2)c1. The van der Waals surface area contributed by atoms with Gasteiger partial charge in [-0.2, -0.15) is 0 Å². The lowest BCUT2D eigenvalue weighted by atomic mass is 10.0. The summed E-state index contributed by atoms with van der Waals surface area (Å²) < 4.78 is 5.39. The summed E-state index contributed by atoms with van der Waals surface area (Å²) in [5.74, 6) is 0. The molecule has 160 valence electrons. The zero-order valence-corrected chi connectivity index (χ0v) is 17.4. The van der Waals surface area contributed by atoms with Crippen molar-refractivity contribution in [3.8, 4) is 0 Å². The van der Waals surface area contributed by atoms with E-state index in [0.29, 0.717) is 12.6 Å². The number of morpholine rings is 1. The molecule has 4 rings (SSSR count). The van der Waals surface area contributed by atoms with E-state index in [4.69, 9.17) is 4.74 Å². The van der Waals surface area contributed by atoms with Crippen molar-refractivity contribution in [2.24, 2.45) is 0 Å². The fourth-order valence-corrected chi connectivity index (χ4v) is 4.51. The van der Waals surface area contributed by atoms with Crippen LogP contribution in [0.1, 0.15) is 30.0 Å². The highest BCUT2D eigenvalue weighted by atomic mass is 16.5. The third kappa shape index (κ3) is 5.19. The number of carboxylic acid groups (broad SMARTS) is 1. The Morgan fingerprint density at radius 3 is 2.63 bits per heavy atom. The summed E-state index contributed by atoms with van der Waals surface area (Å²) in [5, 5.41) is 9.83. The molecule has 0 aliphatic carbocycles.